The molecular weight excluding hydrogens is 476 g/mol. The number of benzene rings is 4. The van der Waals surface area contributed by atoms with E-state index < -0.39 is 0 Å². The quantitative estimate of drug-likeness (QED) is 0.223. The number of carbonyl (C=O) groups excluding carboxylic acids is 2. The molecule has 4 aromatic carbocycles. The van der Waals surface area contributed by atoms with Crippen LogP contribution in [-0.2, 0) is 6.42 Å². The first-order valence-corrected chi connectivity index (χ1v) is 12.6. The van der Waals surface area contributed by atoms with E-state index in [2.05, 4.69) is 22.9 Å². The van der Waals surface area contributed by atoms with E-state index in [4.69, 9.17) is 4.74 Å². The van der Waals surface area contributed by atoms with Gasteiger partial charge >= 0.3 is 12.1 Å². The lowest BCUT2D eigenvalue weighted by Crippen LogP contribution is -2.42. The van der Waals surface area contributed by atoms with E-state index in [-0.39, 0.29) is 25.2 Å². The summed E-state index contributed by atoms with van der Waals surface area (Å²) in [7, 11) is 0. The Bertz CT molecular complexity index is 1320. The summed E-state index contributed by atoms with van der Waals surface area (Å²) in [4.78, 5) is 27.3. The molecule has 0 bridgehead atoms. The van der Waals surface area contributed by atoms with Gasteiger partial charge in [0.05, 0.1) is 0 Å². The van der Waals surface area contributed by atoms with Gasteiger partial charge in [-0.15, -0.1) is 0 Å². The molecule has 0 aliphatic carbocycles. The molecular formula is C31H32N4O3. The number of hydrogen-bond donors (Lipinski definition) is 3. The SMILES string of the molecule is CCc1ccc(NC(=O)NCCN(C(=O)Nc2ccc(C)cc2)c2ccc(Oc3ccccc3)cc2)cc1. The molecule has 0 saturated carbocycles. The smallest absolute Gasteiger partial charge is 0.326 e. The van der Waals surface area contributed by atoms with Crippen LogP contribution in [0.15, 0.2) is 103 Å². The third-order valence-electron chi connectivity index (χ3n) is 5.92. The van der Waals surface area contributed by atoms with Gasteiger partial charge in [0.2, 0.25) is 0 Å². The van der Waals surface area contributed by atoms with Crippen LogP contribution in [0, 0.1) is 6.92 Å². The van der Waals surface area contributed by atoms with Gasteiger partial charge in [0.1, 0.15) is 11.5 Å². The van der Waals surface area contributed by atoms with Crippen molar-refractivity contribution < 1.29 is 14.3 Å². The van der Waals surface area contributed by atoms with Crippen LogP contribution in [0.5, 0.6) is 11.5 Å². The average Bonchev–Trinajstić information content (AvgIpc) is 2.94. The number of rotatable bonds is 9. The van der Waals surface area contributed by atoms with Gasteiger partial charge in [-0.25, -0.2) is 9.59 Å². The molecule has 0 heterocycles. The fourth-order valence-corrected chi connectivity index (χ4v) is 3.77. The van der Waals surface area contributed by atoms with Gasteiger partial charge in [-0.3, -0.25) is 4.90 Å². The van der Waals surface area contributed by atoms with Crippen LogP contribution in [-0.4, -0.2) is 25.2 Å². The maximum atomic E-state index is 13.3. The Kier molecular flexibility index (Phi) is 8.97. The topological polar surface area (TPSA) is 82.7 Å². The molecule has 0 saturated heterocycles. The Morgan fingerprint density at radius 2 is 1.34 bits per heavy atom. The highest BCUT2D eigenvalue weighted by atomic mass is 16.5. The summed E-state index contributed by atoms with van der Waals surface area (Å²) in [6.07, 6.45) is 0.937. The lowest BCUT2D eigenvalue weighted by atomic mass is 10.1. The molecule has 4 rings (SSSR count). The lowest BCUT2D eigenvalue weighted by molar-refractivity contribution is 0.250. The first kappa shape index (κ1) is 26.3. The highest BCUT2D eigenvalue weighted by molar-refractivity contribution is 6.01. The van der Waals surface area contributed by atoms with Crippen LogP contribution in [0.1, 0.15) is 18.1 Å². The Labute approximate surface area is 223 Å². The fraction of sp³-hybridized carbons (Fsp3) is 0.161. The predicted octanol–water partition coefficient (Wildman–Crippen LogP) is 7.21. The standard InChI is InChI=1S/C31H32N4O3/c1-3-24-11-15-25(16-12-24)33-30(36)32-21-22-35(31(37)34-26-13-9-23(2)10-14-26)27-17-19-29(20-18-27)38-28-7-5-4-6-8-28/h4-20H,3,21-22H2,1-2H3,(H,34,37)(H2,32,33,36). The van der Waals surface area contributed by atoms with Crippen molar-refractivity contribution in [2.24, 2.45) is 0 Å². The highest BCUT2D eigenvalue weighted by Gasteiger charge is 2.17. The van der Waals surface area contributed by atoms with E-state index in [1.807, 2.05) is 110 Å². The first-order chi connectivity index (χ1) is 18.5. The van der Waals surface area contributed by atoms with Gasteiger partial charge < -0.3 is 20.7 Å². The van der Waals surface area contributed by atoms with Gasteiger partial charge in [-0.05, 0) is 79.6 Å². The van der Waals surface area contributed by atoms with E-state index in [0.29, 0.717) is 22.8 Å². The number of anilines is 3. The number of para-hydroxylation sites is 1. The molecule has 7 nitrogen and oxygen atoms in total. The molecule has 0 aliphatic rings. The molecule has 0 fully saturated rings. The van der Waals surface area contributed by atoms with E-state index in [9.17, 15) is 9.59 Å². The summed E-state index contributed by atoms with van der Waals surface area (Å²) < 4.78 is 5.88. The zero-order valence-corrected chi connectivity index (χ0v) is 21.6. The molecule has 0 atom stereocenters. The summed E-state index contributed by atoms with van der Waals surface area (Å²) in [5.41, 5.74) is 4.38. The van der Waals surface area contributed by atoms with Gasteiger partial charge in [-0.2, -0.15) is 0 Å². The number of hydrogen-bond acceptors (Lipinski definition) is 3. The molecule has 38 heavy (non-hydrogen) atoms. The fourth-order valence-electron chi connectivity index (χ4n) is 3.77. The normalized spacial score (nSPS) is 10.4. The molecule has 0 unspecified atom stereocenters. The summed E-state index contributed by atoms with van der Waals surface area (Å²) in [6.45, 7) is 4.59. The van der Waals surface area contributed by atoms with E-state index >= 15 is 0 Å². The Morgan fingerprint density at radius 1 is 0.737 bits per heavy atom. The molecule has 0 spiro atoms. The number of nitrogens with one attached hydrogen (secondary N) is 3. The van der Waals surface area contributed by atoms with Crippen molar-refractivity contribution in [1.82, 2.24) is 5.32 Å². The molecule has 0 aromatic heterocycles. The van der Waals surface area contributed by atoms with Gasteiger partial charge in [0.15, 0.2) is 0 Å². The Balaban J connectivity index is 1.41. The van der Waals surface area contributed by atoms with E-state index in [1.165, 1.54) is 5.56 Å². The summed E-state index contributed by atoms with van der Waals surface area (Å²) >= 11 is 0. The van der Waals surface area contributed by atoms with Crippen molar-refractivity contribution in [3.05, 3.63) is 114 Å². The Hall–Kier alpha value is -4.78. The second kappa shape index (κ2) is 13.0. The number of urea groups is 2. The number of aryl methyl sites for hydroxylation is 2. The van der Waals surface area contributed by atoms with Crippen LogP contribution in [0.25, 0.3) is 0 Å². The third-order valence-corrected chi connectivity index (χ3v) is 5.92. The highest BCUT2D eigenvalue weighted by Crippen LogP contribution is 2.25. The van der Waals surface area contributed by atoms with Crippen molar-refractivity contribution in [1.29, 1.82) is 0 Å². The summed E-state index contributed by atoms with van der Waals surface area (Å²) in [6, 6.07) is 31.4. The molecule has 3 N–H and O–H groups in total. The largest absolute Gasteiger partial charge is 0.457 e. The third kappa shape index (κ3) is 7.61. The minimum absolute atomic E-state index is 0.252. The van der Waals surface area contributed by atoms with Crippen LogP contribution >= 0.6 is 0 Å². The van der Waals surface area contributed by atoms with Crippen LogP contribution < -0.4 is 25.6 Å². The number of ether oxygens (including phenoxy) is 1. The first-order valence-electron chi connectivity index (χ1n) is 12.6. The maximum Gasteiger partial charge on any atom is 0.326 e. The molecule has 4 aromatic rings. The van der Waals surface area contributed by atoms with Gasteiger partial charge in [0.25, 0.3) is 0 Å². The number of amides is 4. The van der Waals surface area contributed by atoms with Crippen LogP contribution in [0.2, 0.25) is 0 Å². The molecule has 0 radical (unpaired) electrons. The zero-order chi connectivity index (χ0) is 26.7. The van der Waals surface area contributed by atoms with E-state index in [0.717, 1.165) is 17.7 Å². The van der Waals surface area contributed by atoms with Crippen LogP contribution in [0.3, 0.4) is 0 Å². The second-order valence-corrected chi connectivity index (χ2v) is 8.79. The predicted molar refractivity (Wildman–Crippen MR) is 153 cm³/mol. The summed E-state index contributed by atoms with van der Waals surface area (Å²) in [5, 5.41) is 8.60. The van der Waals surface area contributed by atoms with Crippen molar-refractivity contribution in [3.8, 4) is 11.5 Å². The van der Waals surface area contributed by atoms with Gasteiger partial charge in [-0.1, -0.05) is 55.0 Å². The molecule has 0 aliphatic heterocycles. The van der Waals surface area contributed by atoms with Crippen molar-refractivity contribution in [3.63, 3.8) is 0 Å². The summed E-state index contributed by atoms with van der Waals surface area (Å²) in [5.74, 6) is 1.39. The lowest BCUT2D eigenvalue weighted by Gasteiger charge is -2.24. The molecule has 7 heteroatoms. The van der Waals surface area contributed by atoms with Crippen molar-refractivity contribution >= 4 is 29.1 Å². The minimum atomic E-state index is -0.334. The zero-order valence-electron chi connectivity index (χ0n) is 21.6. The van der Waals surface area contributed by atoms with Crippen molar-refractivity contribution in [2.75, 3.05) is 28.6 Å². The average molecular weight is 509 g/mol. The molecule has 194 valence electrons. The van der Waals surface area contributed by atoms with E-state index in [1.54, 1.807) is 4.90 Å². The second-order valence-electron chi connectivity index (χ2n) is 8.79. The number of carbonyl (C=O) groups is 2. The number of nitrogens with zero attached hydrogens (tertiary/aromatic N) is 1. The van der Waals surface area contributed by atoms with Gasteiger partial charge in [0, 0.05) is 30.2 Å². The maximum absolute atomic E-state index is 13.3. The Morgan fingerprint density at radius 3 is 2.00 bits per heavy atom. The van der Waals surface area contributed by atoms with Crippen molar-refractivity contribution in [2.45, 2.75) is 20.3 Å². The molecule has 4 amide bonds. The minimum Gasteiger partial charge on any atom is -0.457 e. The monoisotopic (exact) mass is 508 g/mol. The van der Waals surface area contributed by atoms with Crippen LogP contribution in [0.4, 0.5) is 26.7 Å².